The van der Waals surface area contributed by atoms with E-state index in [1.165, 1.54) is 11.3 Å². The number of esters is 1. The van der Waals surface area contributed by atoms with Crippen molar-refractivity contribution in [2.45, 2.75) is 31.3 Å². The molecule has 0 unspecified atom stereocenters. The van der Waals surface area contributed by atoms with E-state index in [9.17, 15) is 14.4 Å². The summed E-state index contributed by atoms with van der Waals surface area (Å²) in [6, 6.07) is 9.76. The van der Waals surface area contributed by atoms with Gasteiger partial charge in [-0.2, -0.15) is 5.10 Å². The highest BCUT2D eigenvalue weighted by atomic mass is 16.5. The smallest absolute Gasteiger partial charge is 0.329 e. The van der Waals surface area contributed by atoms with Gasteiger partial charge in [-0.05, 0) is 48.4 Å². The van der Waals surface area contributed by atoms with Crippen LogP contribution in [0.25, 0.3) is 0 Å². The molecule has 2 amide bonds. The normalized spacial score (nSPS) is 20.6. The Hall–Kier alpha value is -3.62. The highest BCUT2D eigenvalue weighted by Gasteiger charge is 2.36. The molecule has 0 saturated carbocycles. The zero-order valence-electron chi connectivity index (χ0n) is 16.4. The van der Waals surface area contributed by atoms with Crippen LogP contribution in [0.4, 0.5) is 0 Å². The summed E-state index contributed by atoms with van der Waals surface area (Å²) in [5.41, 5.74) is 1.56. The van der Waals surface area contributed by atoms with Gasteiger partial charge in [0.2, 0.25) is 5.91 Å². The Morgan fingerprint density at radius 2 is 2.07 bits per heavy atom. The average molecular weight is 411 g/mol. The van der Waals surface area contributed by atoms with E-state index in [1.54, 1.807) is 19.2 Å². The van der Waals surface area contributed by atoms with Crippen molar-refractivity contribution < 1.29 is 28.3 Å². The van der Waals surface area contributed by atoms with Crippen LogP contribution in [-0.2, 0) is 19.1 Å². The van der Waals surface area contributed by atoms with E-state index in [2.05, 4.69) is 10.4 Å². The topological polar surface area (TPSA) is 110 Å². The largest absolute Gasteiger partial charge is 0.497 e. The van der Waals surface area contributed by atoms with Crippen molar-refractivity contribution in [3.05, 3.63) is 54.0 Å². The number of hydrogen-bond acceptors (Lipinski definition) is 7. The van der Waals surface area contributed by atoms with Gasteiger partial charge in [-0.25, -0.2) is 9.80 Å². The number of methoxy groups -OCH3 is 1. The number of nitrogens with zero attached hydrogens (tertiary/aromatic N) is 2. The summed E-state index contributed by atoms with van der Waals surface area (Å²) in [6.45, 7) is -0.470. The van der Waals surface area contributed by atoms with Crippen molar-refractivity contribution in [3.63, 3.8) is 0 Å². The summed E-state index contributed by atoms with van der Waals surface area (Å²) in [7, 11) is 1.59. The predicted octanol–water partition coefficient (Wildman–Crippen LogP) is 1.79. The monoisotopic (exact) mass is 411 g/mol. The maximum Gasteiger partial charge on any atom is 0.329 e. The molecule has 0 bridgehead atoms. The Balaban J connectivity index is 1.48. The molecule has 1 N–H and O–H groups in total. The first-order valence-corrected chi connectivity index (χ1v) is 9.58. The van der Waals surface area contributed by atoms with Crippen LogP contribution in [-0.4, -0.2) is 48.3 Å². The molecule has 156 valence electrons. The Kier molecular flexibility index (Phi) is 5.51. The second-order valence-electron chi connectivity index (χ2n) is 7.02. The summed E-state index contributed by atoms with van der Waals surface area (Å²) in [6.07, 6.45) is 2.63. The predicted molar refractivity (Wildman–Crippen MR) is 105 cm³/mol. The number of ether oxygens (including phenoxy) is 2. The van der Waals surface area contributed by atoms with Crippen LogP contribution in [0.15, 0.2) is 52.2 Å². The van der Waals surface area contributed by atoms with Crippen LogP contribution in [0.1, 0.15) is 36.6 Å². The summed E-state index contributed by atoms with van der Waals surface area (Å²) < 4.78 is 15.8. The fourth-order valence-corrected chi connectivity index (χ4v) is 3.49. The second kappa shape index (κ2) is 8.40. The lowest BCUT2D eigenvalue weighted by Gasteiger charge is -2.20. The maximum atomic E-state index is 12.8. The van der Waals surface area contributed by atoms with Crippen LogP contribution in [0.5, 0.6) is 5.75 Å². The molecular formula is C21H21N3O6. The number of rotatable bonds is 6. The highest BCUT2D eigenvalue weighted by Crippen LogP contribution is 2.33. The molecule has 0 aliphatic carbocycles. The standard InChI is InChI=1S/C21H21N3O6/c1-28-14-6-4-13(5-7-14)16-11-17(18-3-2-10-29-18)24(23-16)20(26)12-30-21(27)15-8-9-19(25)22-15/h2-7,10,15,17H,8-9,11-12H2,1H3,(H,22,25)/t15-,17+/m1/s1. The van der Waals surface area contributed by atoms with Crippen molar-refractivity contribution >= 4 is 23.5 Å². The minimum atomic E-state index is -0.705. The van der Waals surface area contributed by atoms with Gasteiger partial charge in [-0.3, -0.25) is 9.59 Å². The first-order valence-electron chi connectivity index (χ1n) is 9.58. The van der Waals surface area contributed by atoms with Gasteiger partial charge in [0.25, 0.3) is 5.91 Å². The Bertz CT molecular complexity index is 967. The number of carbonyl (C=O) groups excluding carboxylic acids is 3. The SMILES string of the molecule is COc1ccc(C2=NN(C(=O)COC(=O)[C@H]3CCC(=O)N3)[C@H](c3ccco3)C2)cc1. The lowest BCUT2D eigenvalue weighted by Crippen LogP contribution is -2.37. The van der Waals surface area contributed by atoms with Gasteiger partial charge in [0.1, 0.15) is 23.6 Å². The molecule has 9 nitrogen and oxygen atoms in total. The molecule has 0 radical (unpaired) electrons. The van der Waals surface area contributed by atoms with Crippen LogP contribution < -0.4 is 10.1 Å². The molecule has 1 fully saturated rings. The first-order chi connectivity index (χ1) is 14.5. The van der Waals surface area contributed by atoms with Gasteiger partial charge in [0, 0.05) is 12.8 Å². The zero-order chi connectivity index (χ0) is 21.1. The molecule has 2 aliphatic heterocycles. The molecule has 2 aliphatic rings. The van der Waals surface area contributed by atoms with Crippen molar-refractivity contribution in [2.24, 2.45) is 5.10 Å². The molecule has 1 saturated heterocycles. The Morgan fingerprint density at radius 1 is 1.27 bits per heavy atom. The van der Waals surface area contributed by atoms with E-state index in [1.807, 2.05) is 24.3 Å². The maximum absolute atomic E-state index is 12.8. The molecule has 1 aromatic heterocycles. The zero-order valence-corrected chi connectivity index (χ0v) is 16.4. The number of furan rings is 1. The van der Waals surface area contributed by atoms with Crippen LogP contribution in [0.3, 0.4) is 0 Å². The Labute approximate surface area is 172 Å². The average Bonchev–Trinajstić information content (AvgIpc) is 3.51. The third-order valence-electron chi connectivity index (χ3n) is 5.08. The molecule has 1 aromatic carbocycles. The van der Waals surface area contributed by atoms with Gasteiger partial charge in [-0.1, -0.05) is 0 Å². The molecule has 9 heteroatoms. The number of hydrogen-bond donors (Lipinski definition) is 1. The summed E-state index contributed by atoms with van der Waals surface area (Å²) in [5.74, 6) is 0.0121. The summed E-state index contributed by atoms with van der Waals surface area (Å²) in [4.78, 5) is 36.2. The molecule has 3 heterocycles. The molecule has 4 rings (SSSR count). The van der Waals surface area contributed by atoms with E-state index in [0.717, 1.165) is 11.3 Å². The number of carbonyl (C=O) groups is 3. The number of benzene rings is 1. The van der Waals surface area contributed by atoms with E-state index >= 15 is 0 Å². The van der Waals surface area contributed by atoms with Crippen LogP contribution in [0.2, 0.25) is 0 Å². The molecule has 0 spiro atoms. The lowest BCUT2D eigenvalue weighted by molar-refractivity contribution is -0.154. The van der Waals surface area contributed by atoms with Crippen LogP contribution in [0, 0.1) is 0 Å². The van der Waals surface area contributed by atoms with E-state index in [0.29, 0.717) is 24.3 Å². The highest BCUT2D eigenvalue weighted by molar-refractivity contribution is 6.03. The second-order valence-corrected chi connectivity index (χ2v) is 7.02. The fraction of sp³-hybridized carbons (Fsp3) is 0.333. The summed E-state index contributed by atoms with van der Waals surface area (Å²) in [5, 5.41) is 8.29. The van der Waals surface area contributed by atoms with Gasteiger partial charge in [-0.15, -0.1) is 0 Å². The van der Waals surface area contributed by atoms with Gasteiger partial charge in [0.15, 0.2) is 6.61 Å². The summed E-state index contributed by atoms with van der Waals surface area (Å²) >= 11 is 0. The minimum absolute atomic E-state index is 0.200. The molecule has 30 heavy (non-hydrogen) atoms. The molecule has 2 atom stereocenters. The minimum Gasteiger partial charge on any atom is -0.497 e. The van der Waals surface area contributed by atoms with Crippen molar-refractivity contribution in [1.29, 1.82) is 0 Å². The molecule has 2 aromatic rings. The van der Waals surface area contributed by atoms with Crippen LogP contribution >= 0.6 is 0 Å². The van der Waals surface area contributed by atoms with Crippen molar-refractivity contribution in [3.8, 4) is 5.75 Å². The lowest BCUT2D eigenvalue weighted by atomic mass is 10.0. The van der Waals surface area contributed by atoms with Crippen molar-refractivity contribution in [2.75, 3.05) is 13.7 Å². The van der Waals surface area contributed by atoms with E-state index in [4.69, 9.17) is 13.9 Å². The van der Waals surface area contributed by atoms with E-state index < -0.39 is 30.6 Å². The van der Waals surface area contributed by atoms with E-state index in [-0.39, 0.29) is 12.3 Å². The van der Waals surface area contributed by atoms with Gasteiger partial charge < -0.3 is 19.2 Å². The molecular weight excluding hydrogens is 390 g/mol. The van der Waals surface area contributed by atoms with Gasteiger partial charge >= 0.3 is 5.97 Å². The fourth-order valence-electron chi connectivity index (χ4n) is 3.49. The third kappa shape index (κ3) is 4.05. The number of hydrazone groups is 1. The van der Waals surface area contributed by atoms with Crippen molar-refractivity contribution in [1.82, 2.24) is 10.3 Å². The number of nitrogens with one attached hydrogen (secondary N) is 1. The van der Waals surface area contributed by atoms with Gasteiger partial charge in [0.05, 0.1) is 19.1 Å². The Morgan fingerprint density at radius 3 is 2.70 bits per heavy atom. The third-order valence-corrected chi connectivity index (χ3v) is 5.08. The number of amides is 2. The quantitative estimate of drug-likeness (QED) is 0.726. The first kappa shape index (κ1) is 19.7.